The molecule has 0 spiro atoms. The van der Waals surface area contributed by atoms with Crippen LogP contribution in [0.3, 0.4) is 0 Å². The van der Waals surface area contributed by atoms with E-state index in [1.807, 2.05) is 32.8 Å². The van der Waals surface area contributed by atoms with Crippen molar-refractivity contribution in [2.75, 3.05) is 20.6 Å². The highest BCUT2D eigenvalue weighted by molar-refractivity contribution is 5.86. The molecular weight excluding hydrogens is 271 g/mol. The van der Waals surface area contributed by atoms with E-state index in [-0.39, 0.29) is 12.6 Å². The van der Waals surface area contributed by atoms with E-state index in [1.165, 1.54) is 0 Å². The van der Waals surface area contributed by atoms with Gasteiger partial charge >= 0.3 is 6.18 Å². The van der Waals surface area contributed by atoms with Crippen molar-refractivity contribution in [3.8, 4) is 0 Å². The average Bonchev–Trinajstić information content (AvgIpc) is 2.32. The zero-order valence-electron chi connectivity index (χ0n) is 12.8. The molecule has 0 heterocycles. The third kappa shape index (κ3) is 4.63. The number of carbonyl (C=O) groups excluding carboxylic acids is 1. The number of rotatable bonds is 7. The maximum atomic E-state index is 12.7. The molecule has 0 radical (unpaired) electrons. The van der Waals surface area contributed by atoms with Crippen LogP contribution in [-0.4, -0.2) is 49.2 Å². The predicted octanol–water partition coefficient (Wildman–Crippen LogP) is 1.75. The van der Waals surface area contributed by atoms with Gasteiger partial charge in [0.2, 0.25) is 5.91 Å². The SMILES string of the molecule is CCC(CC)C(CNC(=O)C(C)(N)C(F)(F)F)N(C)C. The molecule has 0 aromatic carbocycles. The van der Waals surface area contributed by atoms with Crippen molar-refractivity contribution in [3.05, 3.63) is 0 Å². The first-order valence-corrected chi connectivity index (χ1v) is 6.79. The average molecular weight is 297 g/mol. The highest BCUT2D eigenvalue weighted by Gasteiger charge is 2.53. The summed E-state index contributed by atoms with van der Waals surface area (Å²) in [5.74, 6) is -0.886. The zero-order valence-corrected chi connectivity index (χ0v) is 12.8. The van der Waals surface area contributed by atoms with Gasteiger partial charge in [0.05, 0.1) is 0 Å². The van der Waals surface area contributed by atoms with Gasteiger partial charge < -0.3 is 16.0 Å². The van der Waals surface area contributed by atoms with Gasteiger partial charge in [0, 0.05) is 12.6 Å². The van der Waals surface area contributed by atoms with Crippen molar-refractivity contribution < 1.29 is 18.0 Å². The minimum absolute atomic E-state index is 0.0158. The van der Waals surface area contributed by atoms with Crippen molar-refractivity contribution in [2.24, 2.45) is 11.7 Å². The number of nitrogens with two attached hydrogens (primary N) is 1. The third-order valence-corrected chi connectivity index (χ3v) is 3.79. The highest BCUT2D eigenvalue weighted by atomic mass is 19.4. The molecule has 4 nitrogen and oxygen atoms in total. The number of nitrogens with one attached hydrogen (secondary N) is 1. The minimum atomic E-state index is -4.76. The van der Waals surface area contributed by atoms with E-state index in [2.05, 4.69) is 5.32 Å². The lowest BCUT2D eigenvalue weighted by atomic mass is 9.93. The van der Waals surface area contributed by atoms with Gasteiger partial charge in [0.15, 0.2) is 5.54 Å². The van der Waals surface area contributed by atoms with E-state index >= 15 is 0 Å². The van der Waals surface area contributed by atoms with Crippen molar-refractivity contribution in [1.82, 2.24) is 10.2 Å². The Labute approximate surface area is 118 Å². The minimum Gasteiger partial charge on any atom is -0.353 e. The summed E-state index contributed by atoms with van der Waals surface area (Å²) < 4.78 is 38.0. The number of carbonyl (C=O) groups is 1. The lowest BCUT2D eigenvalue weighted by Gasteiger charge is -2.33. The lowest BCUT2D eigenvalue weighted by Crippen LogP contribution is -2.62. The molecule has 3 N–H and O–H groups in total. The fourth-order valence-electron chi connectivity index (χ4n) is 2.11. The monoisotopic (exact) mass is 297 g/mol. The zero-order chi connectivity index (χ0) is 16.1. The molecule has 0 saturated carbocycles. The molecule has 0 aliphatic rings. The van der Waals surface area contributed by atoms with Gasteiger partial charge in [0.25, 0.3) is 0 Å². The molecule has 120 valence electrons. The van der Waals surface area contributed by atoms with Crippen molar-refractivity contribution in [1.29, 1.82) is 0 Å². The largest absolute Gasteiger partial charge is 0.415 e. The molecular formula is C13H26F3N3O. The summed E-state index contributed by atoms with van der Waals surface area (Å²) in [5.41, 5.74) is 2.23. The molecule has 2 atom stereocenters. The van der Waals surface area contributed by atoms with E-state index in [1.54, 1.807) is 0 Å². The Morgan fingerprint density at radius 1 is 1.25 bits per heavy atom. The molecule has 1 amide bonds. The van der Waals surface area contributed by atoms with Crippen molar-refractivity contribution >= 4 is 5.91 Å². The van der Waals surface area contributed by atoms with Crippen LogP contribution in [-0.2, 0) is 4.79 Å². The number of alkyl halides is 3. The maximum Gasteiger partial charge on any atom is 0.415 e. The molecule has 7 heteroatoms. The van der Waals surface area contributed by atoms with Crippen LogP contribution in [0, 0.1) is 5.92 Å². The molecule has 0 aromatic heterocycles. The van der Waals surface area contributed by atoms with Crippen LogP contribution in [0.2, 0.25) is 0 Å². The van der Waals surface area contributed by atoms with E-state index in [9.17, 15) is 18.0 Å². The molecule has 0 fully saturated rings. The van der Waals surface area contributed by atoms with Crippen LogP contribution in [0.25, 0.3) is 0 Å². The first-order chi connectivity index (χ1) is 8.98. The normalized spacial score (nSPS) is 17.1. The molecule has 0 saturated heterocycles. The van der Waals surface area contributed by atoms with E-state index in [0.29, 0.717) is 12.8 Å². The van der Waals surface area contributed by atoms with Crippen LogP contribution in [0.1, 0.15) is 33.6 Å². The third-order valence-electron chi connectivity index (χ3n) is 3.79. The molecule has 0 aromatic rings. The topological polar surface area (TPSA) is 58.4 Å². The van der Waals surface area contributed by atoms with Gasteiger partial charge in [-0.25, -0.2) is 0 Å². The van der Waals surface area contributed by atoms with E-state index < -0.39 is 17.6 Å². The van der Waals surface area contributed by atoms with Gasteiger partial charge in [-0.15, -0.1) is 0 Å². The first-order valence-electron chi connectivity index (χ1n) is 6.79. The number of hydrogen-bond acceptors (Lipinski definition) is 3. The molecule has 2 unspecified atom stereocenters. The summed E-state index contributed by atoms with van der Waals surface area (Å²) in [5, 5.41) is 2.33. The number of amides is 1. The number of likely N-dealkylation sites (N-methyl/N-ethyl adjacent to an activating group) is 1. The predicted molar refractivity (Wildman–Crippen MR) is 73.2 cm³/mol. The highest BCUT2D eigenvalue weighted by Crippen LogP contribution is 2.28. The summed E-state index contributed by atoms with van der Waals surface area (Å²) in [6.07, 6.45) is -2.97. The number of hydrogen-bond donors (Lipinski definition) is 2. The van der Waals surface area contributed by atoms with Crippen LogP contribution in [0.15, 0.2) is 0 Å². The Kier molecular flexibility index (Phi) is 6.97. The summed E-state index contributed by atoms with van der Waals surface area (Å²) >= 11 is 0. The Morgan fingerprint density at radius 2 is 1.70 bits per heavy atom. The van der Waals surface area contributed by atoms with Crippen molar-refractivity contribution in [3.63, 3.8) is 0 Å². The maximum absolute atomic E-state index is 12.7. The first kappa shape index (κ1) is 19.2. The van der Waals surface area contributed by atoms with Gasteiger partial charge in [-0.05, 0) is 26.9 Å². The second-order valence-electron chi connectivity index (χ2n) is 5.52. The Morgan fingerprint density at radius 3 is 2.00 bits per heavy atom. The molecule has 0 aliphatic carbocycles. The van der Waals surface area contributed by atoms with Crippen LogP contribution in [0.4, 0.5) is 13.2 Å². The standard InChI is InChI=1S/C13H26F3N3O/c1-6-9(7-2)10(19(4)5)8-18-11(20)12(3,17)13(14,15)16/h9-10H,6-8,17H2,1-5H3,(H,18,20). The molecule has 0 bridgehead atoms. The quantitative estimate of drug-likeness (QED) is 0.752. The van der Waals surface area contributed by atoms with Crippen LogP contribution >= 0.6 is 0 Å². The fraction of sp³-hybridized carbons (Fsp3) is 0.923. The summed E-state index contributed by atoms with van der Waals surface area (Å²) in [6, 6.07) is -0.0158. The Balaban J connectivity index is 4.77. The van der Waals surface area contributed by atoms with E-state index in [4.69, 9.17) is 5.73 Å². The van der Waals surface area contributed by atoms with Crippen molar-refractivity contribution in [2.45, 2.75) is 51.4 Å². The Bertz CT molecular complexity index is 312. The van der Waals surface area contributed by atoms with E-state index in [0.717, 1.165) is 12.8 Å². The molecule has 0 rings (SSSR count). The number of nitrogens with zero attached hydrogens (tertiary/aromatic N) is 1. The van der Waals surface area contributed by atoms with Gasteiger partial charge in [-0.2, -0.15) is 13.2 Å². The molecule has 0 aliphatic heterocycles. The fourth-order valence-corrected chi connectivity index (χ4v) is 2.11. The van der Waals surface area contributed by atoms with Gasteiger partial charge in [-0.3, -0.25) is 4.79 Å². The lowest BCUT2D eigenvalue weighted by molar-refractivity contribution is -0.187. The summed E-state index contributed by atoms with van der Waals surface area (Å²) in [6.45, 7) is 4.88. The van der Waals surface area contributed by atoms with Crippen LogP contribution < -0.4 is 11.1 Å². The number of halogens is 3. The van der Waals surface area contributed by atoms with Crippen LogP contribution in [0.5, 0.6) is 0 Å². The van der Waals surface area contributed by atoms with Gasteiger partial charge in [-0.1, -0.05) is 26.7 Å². The molecule has 20 heavy (non-hydrogen) atoms. The smallest absolute Gasteiger partial charge is 0.353 e. The second kappa shape index (κ2) is 7.26. The summed E-state index contributed by atoms with van der Waals surface area (Å²) in [7, 11) is 3.70. The summed E-state index contributed by atoms with van der Waals surface area (Å²) in [4.78, 5) is 13.6. The second-order valence-corrected chi connectivity index (χ2v) is 5.52. The van der Waals surface area contributed by atoms with Gasteiger partial charge in [0.1, 0.15) is 0 Å². The Hall–Kier alpha value is -0.820.